The number of rotatable bonds is 3. The summed E-state index contributed by atoms with van der Waals surface area (Å²) in [6, 6.07) is 21.8. The Bertz CT molecular complexity index is 1090. The van der Waals surface area contributed by atoms with E-state index in [0.29, 0.717) is 31.8 Å². The minimum Gasteiger partial charge on any atom is -0.422 e. The summed E-state index contributed by atoms with van der Waals surface area (Å²) in [5, 5.41) is 0. The third kappa shape index (κ3) is 3.61. The predicted octanol–water partition coefficient (Wildman–Crippen LogP) is 6.00. The van der Waals surface area contributed by atoms with Crippen molar-refractivity contribution in [3.05, 3.63) is 98.9 Å². The fourth-order valence-electron chi connectivity index (χ4n) is 2.75. The number of allylic oxidation sites excluding steroid dienone is 1. The number of halogens is 1. The van der Waals surface area contributed by atoms with Gasteiger partial charge in [0.25, 0.3) is 0 Å². The molecule has 132 valence electrons. The van der Waals surface area contributed by atoms with Gasteiger partial charge >= 0.3 is 5.97 Å². The SMILES string of the molecule is O=C(Oc1ccccc1/C=C1/Sc2ccccc2C1=O)c1ccccc1Br. The van der Waals surface area contributed by atoms with Gasteiger partial charge in [-0.1, -0.05) is 54.2 Å². The van der Waals surface area contributed by atoms with Gasteiger partial charge in [0.1, 0.15) is 5.75 Å². The molecule has 0 radical (unpaired) electrons. The lowest BCUT2D eigenvalue weighted by Gasteiger charge is -2.09. The zero-order valence-electron chi connectivity index (χ0n) is 14.0. The van der Waals surface area contributed by atoms with E-state index in [9.17, 15) is 9.59 Å². The summed E-state index contributed by atoms with van der Waals surface area (Å²) in [5.41, 5.74) is 1.83. The van der Waals surface area contributed by atoms with Crippen molar-refractivity contribution in [2.45, 2.75) is 4.90 Å². The highest BCUT2D eigenvalue weighted by atomic mass is 79.9. The summed E-state index contributed by atoms with van der Waals surface area (Å²) in [7, 11) is 0. The zero-order chi connectivity index (χ0) is 18.8. The molecule has 0 saturated heterocycles. The Hall–Kier alpha value is -2.63. The molecule has 0 bridgehead atoms. The van der Waals surface area contributed by atoms with Gasteiger partial charge < -0.3 is 4.74 Å². The van der Waals surface area contributed by atoms with Crippen LogP contribution in [0, 0.1) is 0 Å². The Morgan fingerprint density at radius 1 is 0.926 bits per heavy atom. The normalized spacial score (nSPS) is 14.3. The fourth-order valence-corrected chi connectivity index (χ4v) is 4.24. The highest BCUT2D eigenvalue weighted by molar-refractivity contribution is 9.10. The number of carbonyl (C=O) groups excluding carboxylic acids is 2. The molecular formula is C22H13BrO3S. The van der Waals surface area contributed by atoms with Crippen LogP contribution in [0.4, 0.5) is 0 Å². The predicted molar refractivity (Wildman–Crippen MR) is 110 cm³/mol. The van der Waals surface area contributed by atoms with Crippen molar-refractivity contribution in [1.82, 2.24) is 0 Å². The molecule has 0 N–H and O–H groups in total. The molecule has 3 nitrogen and oxygen atoms in total. The number of thioether (sulfide) groups is 1. The van der Waals surface area contributed by atoms with Crippen molar-refractivity contribution in [2.24, 2.45) is 0 Å². The first-order chi connectivity index (χ1) is 13.1. The number of fused-ring (bicyclic) bond motifs is 1. The standard InChI is InChI=1S/C22H13BrO3S/c23-17-10-4-2-8-15(17)22(25)26-18-11-5-1-7-14(18)13-20-21(24)16-9-3-6-12-19(16)27-20/h1-13H/b20-13+. The number of hydrogen-bond donors (Lipinski definition) is 0. The molecule has 1 aliphatic rings. The van der Waals surface area contributed by atoms with Crippen molar-refractivity contribution in [1.29, 1.82) is 0 Å². The van der Waals surface area contributed by atoms with E-state index in [1.165, 1.54) is 11.8 Å². The molecule has 1 aliphatic heterocycles. The van der Waals surface area contributed by atoms with Crippen molar-refractivity contribution in [3.63, 3.8) is 0 Å². The third-order valence-electron chi connectivity index (χ3n) is 4.08. The van der Waals surface area contributed by atoms with E-state index in [0.717, 1.165) is 4.90 Å². The van der Waals surface area contributed by atoms with Crippen LogP contribution in [0.2, 0.25) is 0 Å². The maximum atomic E-state index is 12.6. The summed E-state index contributed by atoms with van der Waals surface area (Å²) in [5.74, 6) is -0.0559. The molecule has 0 saturated carbocycles. The molecule has 5 heteroatoms. The number of carbonyl (C=O) groups is 2. The molecule has 3 aromatic rings. The van der Waals surface area contributed by atoms with E-state index in [1.54, 1.807) is 36.4 Å². The molecule has 0 fully saturated rings. The largest absolute Gasteiger partial charge is 0.422 e. The number of esters is 1. The molecule has 0 aliphatic carbocycles. The Morgan fingerprint density at radius 3 is 2.44 bits per heavy atom. The second kappa shape index (κ2) is 7.55. The van der Waals surface area contributed by atoms with Crippen LogP contribution < -0.4 is 4.74 Å². The molecule has 4 rings (SSSR count). The van der Waals surface area contributed by atoms with Crippen molar-refractivity contribution < 1.29 is 14.3 Å². The van der Waals surface area contributed by atoms with Gasteiger partial charge in [0.2, 0.25) is 5.78 Å². The molecule has 27 heavy (non-hydrogen) atoms. The Kier molecular flexibility index (Phi) is 4.97. The summed E-state index contributed by atoms with van der Waals surface area (Å²) >= 11 is 4.79. The first-order valence-electron chi connectivity index (χ1n) is 8.22. The average Bonchev–Trinajstić information content (AvgIpc) is 2.99. The summed E-state index contributed by atoms with van der Waals surface area (Å²) < 4.78 is 6.27. The van der Waals surface area contributed by atoms with E-state index in [-0.39, 0.29) is 5.78 Å². The van der Waals surface area contributed by atoms with Gasteiger partial charge in [0, 0.05) is 20.5 Å². The minimum atomic E-state index is -0.456. The Morgan fingerprint density at radius 2 is 1.63 bits per heavy atom. The minimum absolute atomic E-state index is 0.0115. The van der Waals surface area contributed by atoms with Crippen molar-refractivity contribution in [3.8, 4) is 5.75 Å². The highest BCUT2D eigenvalue weighted by Crippen LogP contribution is 2.41. The molecule has 0 aromatic heterocycles. The van der Waals surface area contributed by atoms with E-state index < -0.39 is 5.97 Å². The van der Waals surface area contributed by atoms with Crippen LogP contribution in [0.15, 0.2) is 87.1 Å². The zero-order valence-corrected chi connectivity index (χ0v) is 16.4. The quantitative estimate of drug-likeness (QED) is 0.287. The topological polar surface area (TPSA) is 43.4 Å². The van der Waals surface area contributed by atoms with Crippen LogP contribution in [-0.4, -0.2) is 11.8 Å². The van der Waals surface area contributed by atoms with Crippen molar-refractivity contribution in [2.75, 3.05) is 0 Å². The first-order valence-corrected chi connectivity index (χ1v) is 9.83. The van der Waals surface area contributed by atoms with Gasteiger partial charge in [0.15, 0.2) is 0 Å². The van der Waals surface area contributed by atoms with Gasteiger partial charge in [-0.25, -0.2) is 4.79 Å². The summed E-state index contributed by atoms with van der Waals surface area (Å²) in [6.45, 7) is 0. The van der Waals surface area contributed by atoms with Crippen LogP contribution in [-0.2, 0) is 0 Å². The van der Waals surface area contributed by atoms with Gasteiger partial charge in [0.05, 0.1) is 10.5 Å². The maximum absolute atomic E-state index is 12.6. The molecule has 3 aromatic carbocycles. The number of para-hydroxylation sites is 1. The van der Waals surface area contributed by atoms with E-state index in [4.69, 9.17) is 4.74 Å². The average molecular weight is 437 g/mol. The lowest BCUT2D eigenvalue weighted by molar-refractivity contribution is 0.0733. The smallest absolute Gasteiger partial charge is 0.344 e. The van der Waals surface area contributed by atoms with Crippen LogP contribution >= 0.6 is 27.7 Å². The Labute approximate surface area is 169 Å². The molecule has 0 amide bonds. The lowest BCUT2D eigenvalue weighted by Crippen LogP contribution is -2.10. The lowest BCUT2D eigenvalue weighted by atomic mass is 10.1. The second-order valence-corrected chi connectivity index (χ2v) is 7.78. The van der Waals surface area contributed by atoms with Gasteiger partial charge in [-0.05, 0) is 52.3 Å². The molecular weight excluding hydrogens is 424 g/mol. The van der Waals surface area contributed by atoms with Crippen LogP contribution in [0.3, 0.4) is 0 Å². The van der Waals surface area contributed by atoms with E-state index in [2.05, 4.69) is 15.9 Å². The van der Waals surface area contributed by atoms with Gasteiger partial charge in [-0.2, -0.15) is 0 Å². The van der Waals surface area contributed by atoms with E-state index in [1.807, 2.05) is 42.5 Å². The number of Topliss-reactive ketones (excluding diaryl/α,β-unsaturated/α-hetero) is 1. The second-order valence-electron chi connectivity index (χ2n) is 5.84. The summed E-state index contributed by atoms with van der Waals surface area (Å²) in [4.78, 5) is 26.7. The van der Waals surface area contributed by atoms with Crippen LogP contribution in [0.5, 0.6) is 5.75 Å². The number of hydrogen-bond acceptors (Lipinski definition) is 4. The van der Waals surface area contributed by atoms with Crippen LogP contribution in [0.1, 0.15) is 26.3 Å². The highest BCUT2D eigenvalue weighted by Gasteiger charge is 2.25. The third-order valence-corrected chi connectivity index (χ3v) is 5.87. The number of benzene rings is 3. The Balaban J connectivity index is 1.64. The van der Waals surface area contributed by atoms with Gasteiger partial charge in [-0.15, -0.1) is 0 Å². The molecule has 0 atom stereocenters. The molecule has 1 heterocycles. The molecule has 0 unspecified atom stereocenters. The summed E-state index contributed by atoms with van der Waals surface area (Å²) in [6.07, 6.45) is 1.77. The molecule has 0 spiro atoms. The number of ketones is 1. The maximum Gasteiger partial charge on any atom is 0.344 e. The first kappa shape index (κ1) is 17.8. The van der Waals surface area contributed by atoms with E-state index >= 15 is 0 Å². The van der Waals surface area contributed by atoms with Crippen molar-refractivity contribution >= 4 is 45.5 Å². The fraction of sp³-hybridized carbons (Fsp3) is 0. The monoisotopic (exact) mass is 436 g/mol. The van der Waals surface area contributed by atoms with Gasteiger partial charge in [-0.3, -0.25) is 4.79 Å². The van der Waals surface area contributed by atoms with Crippen LogP contribution in [0.25, 0.3) is 6.08 Å². The number of ether oxygens (including phenoxy) is 1.